The Morgan fingerprint density at radius 1 is 1.77 bits per heavy atom. The predicted molar refractivity (Wildman–Crippen MR) is 50.1 cm³/mol. The molecule has 1 heterocycles. The van der Waals surface area contributed by atoms with Crippen LogP contribution in [0.1, 0.15) is 26.7 Å². The lowest BCUT2D eigenvalue weighted by molar-refractivity contribution is -0.135. The van der Waals surface area contributed by atoms with Crippen LogP contribution in [0.15, 0.2) is 0 Å². The monoisotopic (exact) mass is 186 g/mol. The van der Waals surface area contributed by atoms with Crippen molar-refractivity contribution in [2.24, 2.45) is 5.73 Å². The summed E-state index contributed by atoms with van der Waals surface area (Å²) in [6, 6.07) is 0. The fourth-order valence-corrected chi connectivity index (χ4v) is 1.44. The lowest BCUT2D eigenvalue weighted by Crippen LogP contribution is -2.52. The van der Waals surface area contributed by atoms with E-state index in [9.17, 15) is 9.90 Å². The van der Waals surface area contributed by atoms with E-state index in [2.05, 4.69) is 0 Å². The summed E-state index contributed by atoms with van der Waals surface area (Å²) in [6.45, 7) is 4.70. The Balaban J connectivity index is 2.58. The topological polar surface area (TPSA) is 66.6 Å². The van der Waals surface area contributed by atoms with E-state index in [0.717, 1.165) is 0 Å². The number of nitrogens with zero attached hydrogens (tertiary/aromatic N) is 1. The van der Waals surface area contributed by atoms with Gasteiger partial charge in [0.2, 0.25) is 5.91 Å². The standard InChI is InChI=1S/C9H18N2O2/c1-3-9(2,10)8(13)11-5-4-7(12)6-11/h7,12H,3-6,10H2,1-2H3. The molecule has 1 aliphatic heterocycles. The van der Waals surface area contributed by atoms with E-state index >= 15 is 0 Å². The second kappa shape index (κ2) is 3.64. The molecule has 0 spiro atoms. The first-order valence-electron chi connectivity index (χ1n) is 4.73. The summed E-state index contributed by atoms with van der Waals surface area (Å²) in [6.07, 6.45) is 0.931. The number of hydrogen-bond acceptors (Lipinski definition) is 3. The number of rotatable bonds is 2. The number of carbonyl (C=O) groups excluding carboxylic acids is 1. The maximum Gasteiger partial charge on any atom is 0.242 e. The molecule has 4 heteroatoms. The van der Waals surface area contributed by atoms with Crippen molar-refractivity contribution in [3.05, 3.63) is 0 Å². The van der Waals surface area contributed by atoms with E-state index < -0.39 is 5.54 Å². The van der Waals surface area contributed by atoms with Crippen molar-refractivity contribution in [2.45, 2.75) is 38.3 Å². The average Bonchev–Trinajstić information content (AvgIpc) is 2.50. The SMILES string of the molecule is CCC(C)(N)C(=O)N1CCC(O)C1. The van der Waals surface area contributed by atoms with E-state index in [1.54, 1.807) is 11.8 Å². The third-order valence-corrected chi connectivity index (χ3v) is 2.67. The summed E-state index contributed by atoms with van der Waals surface area (Å²) in [7, 11) is 0. The zero-order valence-corrected chi connectivity index (χ0v) is 8.29. The van der Waals surface area contributed by atoms with Crippen LogP contribution >= 0.6 is 0 Å². The lowest BCUT2D eigenvalue weighted by Gasteiger charge is -2.27. The summed E-state index contributed by atoms with van der Waals surface area (Å²) in [5.41, 5.74) is 5.04. The molecule has 1 rings (SSSR count). The second-order valence-electron chi connectivity index (χ2n) is 3.96. The molecular formula is C9H18N2O2. The van der Waals surface area contributed by atoms with Gasteiger partial charge in [0, 0.05) is 13.1 Å². The van der Waals surface area contributed by atoms with Gasteiger partial charge in [0.05, 0.1) is 11.6 Å². The molecule has 13 heavy (non-hydrogen) atoms. The van der Waals surface area contributed by atoms with E-state index in [1.165, 1.54) is 0 Å². The number of aliphatic hydroxyl groups excluding tert-OH is 1. The number of carbonyl (C=O) groups is 1. The summed E-state index contributed by atoms with van der Waals surface area (Å²) in [5, 5.41) is 9.25. The molecule has 0 bridgehead atoms. The number of likely N-dealkylation sites (tertiary alicyclic amines) is 1. The van der Waals surface area contributed by atoms with E-state index in [4.69, 9.17) is 5.73 Å². The van der Waals surface area contributed by atoms with Crippen LogP contribution in [0.3, 0.4) is 0 Å². The summed E-state index contributed by atoms with van der Waals surface area (Å²) in [4.78, 5) is 13.4. The second-order valence-corrected chi connectivity index (χ2v) is 3.96. The molecule has 76 valence electrons. The van der Waals surface area contributed by atoms with Gasteiger partial charge in [-0.25, -0.2) is 0 Å². The van der Waals surface area contributed by atoms with Gasteiger partial charge < -0.3 is 15.7 Å². The van der Waals surface area contributed by atoms with Crippen molar-refractivity contribution >= 4 is 5.91 Å². The van der Waals surface area contributed by atoms with Gasteiger partial charge >= 0.3 is 0 Å². The predicted octanol–water partition coefficient (Wildman–Crippen LogP) is -0.293. The van der Waals surface area contributed by atoms with E-state index in [0.29, 0.717) is 25.9 Å². The Hall–Kier alpha value is -0.610. The van der Waals surface area contributed by atoms with Crippen molar-refractivity contribution in [1.29, 1.82) is 0 Å². The highest BCUT2D eigenvalue weighted by Gasteiger charge is 2.34. The Bertz CT molecular complexity index is 204. The first kappa shape index (κ1) is 10.5. The third kappa shape index (κ3) is 2.19. The molecule has 0 saturated carbocycles. The van der Waals surface area contributed by atoms with Gasteiger partial charge in [-0.1, -0.05) is 6.92 Å². The van der Waals surface area contributed by atoms with Crippen molar-refractivity contribution < 1.29 is 9.90 Å². The molecule has 1 fully saturated rings. The van der Waals surface area contributed by atoms with Crippen LogP contribution in [0.5, 0.6) is 0 Å². The van der Waals surface area contributed by atoms with E-state index in [1.807, 2.05) is 6.92 Å². The molecule has 3 N–H and O–H groups in total. The van der Waals surface area contributed by atoms with Crippen LogP contribution in [0.2, 0.25) is 0 Å². The number of nitrogens with two attached hydrogens (primary N) is 1. The van der Waals surface area contributed by atoms with Crippen LogP contribution in [-0.4, -0.2) is 40.6 Å². The van der Waals surface area contributed by atoms with Crippen molar-refractivity contribution in [2.75, 3.05) is 13.1 Å². The highest BCUT2D eigenvalue weighted by Crippen LogP contribution is 2.15. The molecule has 1 saturated heterocycles. The molecule has 0 aromatic heterocycles. The minimum atomic E-state index is -0.774. The van der Waals surface area contributed by atoms with E-state index in [-0.39, 0.29) is 12.0 Å². The lowest BCUT2D eigenvalue weighted by atomic mass is 9.99. The molecule has 2 unspecified atom stereocenters. The van der Waals surface area contributed by atoms with Crippen LogP contribution < -0.4 is 5.73 Å². The molecular weight excluding hydrogens is 168 g/mol. The average molecular weight is 186 g/mol. The molecule has 1 aliphatic rings. The molecule has 1 amide bonds. The van der Waals surface area contributed by atoms with Crippen molar-refractivity contribution in [3.63, 3.8) is 0 Å². The van der Waals surface area contributed by atoms with Gasteiger partial charge in [-0.15, -0.1) is 0 Å². The number of β-amino-alcohol motifs (C(OH)–C–C–N with tert-alkyl or cyclic N) is 1. The summed E-state index contributed by atoms with van der Waals surface area (Å²) < 4.78 is 0. The Kier molecular flexibility index (Phi) is 2.93. The molecule has 2 atom stereocenters. The third-order valence-electron chi connectivity index (χ3n) is 2.67. The van der Waals surface area contributed by atoms with Crippen LogP contribution in [0.25, 0.3) is 0 Å². The van der Waals surface area contributed by atoms with Gasteiger partial charge in [0.1, 0.15) is 0 Å². The zero-order valence-electron chi connectivity index (χ0n) is 8.29. The van der Waals surface area contributed by atoms with Gasteiger partial charge in [0.25, 0.3) is 0 Å². The van der Waals surface area contributed by atoms with Crippen LogP contribution in [0.4, 0.5) is 0 Å². The zero-order chi connectivity index (χ0) is 10.1. The summed E-state index contributed by atoms with van der Waals surface area (Å²) in [5.74, 6) is -0.0495. The fraction of sp³-hybridized carbons (Fsp3) is 0.889. The Labute approximate surface area is 78.7 Å². The Morgan fingerprint density at radius 2 is 2.38 bits per heavy atom. The quantitative estimate of drug-likeness (QED) is 0.622. The molecule has 4 nitrogen and oxygen atoms in total. The van der Waals surface area contributed by atoms with Gasteiger partial charge in [0.15, 0.2) is 0 Å². The van der Waals surface area contributed by atoms with Crippen molar-refractivity contribution in [1.82, 2.24) is 4.90 Å². The first-order chi connectivity index (χ1) is 5.97. The van der Waals surface area contributed by atoms with Crippen LogP contribution in [0, 0.1) is 0 Å². The maximum absolute atomic E-state index is 11.7. The number of aliphatic hydroxyl groups is 1. The normalized spacial score (nSPS) is 27.4. The highest BCUT2D eigenvalue weighted by molar-refractivity contribution is 5.85. The highest BCUT2D eigenvalue weighted by atomic mass is 16.3. The number of amides is 1. The first-order valence-corrected chi connectivity index (χ1v) is 4.73. The van der Waals surface area contributed by atoms with Crippen molar-refractivity contribution in [3.8, 4) is 0 Å². The fourth-order valence-electron chi connectivity index (χ4n) is 1.44. The maximum atomic E-state index is 11.7. The van der Waals surface area contributed by atoms with Gasteiger partial charge in [-0.3, -0.25) is 4.79 Å². The number of hydrogen-bond donors (Lipinski definition) is 2. The minimum absolute atomic E-state index is 0.0495. The smallest absolute Gasteiger partial charge is 0.242 e. The Morgan fingerprint density at radius 3 is 2.77 bits per heavy atom. The minimum Gasteiger partial charge on any atom is -0.391 e. The molecule has 0 aromatic rings. The van der Waals surface area contributed by atoms with Gasteiger partial charge in [-0.05, 0) is 19.8 Å². The van der Waals surface area contributed by atoms with Crippen LogP contribution in [-0.2, 0) is 4.79 Å². The van der Waals surface area contributed by atoms with Gasteiger partial charge in [-0.2, -0.15) is 0 Å². The largest absolute Gasteiger partial charge is 0.391 e. The summed E-state index contributed by atoms with van der Waals surface area (Å²) >= 11 is 0. The molecule has 0 aromatic carbocycles. The molecule has 0 radical (unpaired) electrons. The molecule has 0 aliphatic carbocycles.